The average molecular weight is 351 g/mol. The second-order valence-corrected chi connectivity index (χ2v) is 6.81. The fourth-order valence-electron chi connectivity index (χ4n) is 2.90. The highest BCUT2D eigenvalue weighted by Gasteiger charge is 2.23. The predicted molar refractivity (Wildman–Crippen MR) is 85.4 cm³/mol. The smallest absolute Gasteiger partial charge is 0.226 e. The fourth-order valence-corrected chi connectivity index (χ4v) is 3.62. The molecule has 1 aliphatic carbocycles. The number of carbonyl (C=O) groups excluding carboxylic acids is 1. The monoisotopic (exact) mass is 350 g/mol. The number of fused-ring (bicyclic) bond motifs is 1. The van der Waals surface area contributed by atoms with Gasteiger partial charge in [0.25, 0.3) is 0 Å². The van der Waals surface area contributed by atoms with Crippen molar-refractivity contribution < 1.29 is 9.32 Å². The van der Waals surface area contributed by atoms with E-state index < -0.39 is 0 Å². The minimum absolute atomic E-state index is 0.0189. The van der Waals surface area contributed by atoms with Gasteiger partial charge in [0.1, 0.15) is 5.69 Å². The summed E-state index contributed by atoms with van der Waals surface area (Å²) in [5, 5.41) is 8.08. The summed E-state index contributed by atoms with van der Waals surface area (Å²) in [6, 6.07) is 7.86. The maximum absolute atomic E-state index is 12.3. The number of amides is 1. The molecule has 0 bridgehead atoms. The lowest BCUT2D eigenvalue weighted by molar-refractivity contribution is -0.121. The summed E-state index contributed by atoms with van der Waals surface area (Å²) in [6.07, 6.45) is 6.10. The molecule has 1 aliphatic rings. The van der Waals surface area contributed by atoms with Crippen molar-refractivity contribution >= 4 is 32.8 Å². The van der Waals surface area contributed by atoms with Crippen molar-refractivity contribution in [1.82, 2.24) is 10.5 Å². The molecule has 4 nitrogen and oxygen atoms in total. The molecule has 5 heteroatoms. The van der Waals surface area contributed by atoms with E-state index in [9.17, 15) is 4.79 Å². The van der Waals surface area contributed by atoms with Crippen molar-refractivity contribution in [2.24, 2.45) is 0 Å². The normalized spacial score (nSPS) is 22.9. The Hall–Kier alpha value is -1.36. The van der Waals surface area contributed by atoms with Crippen LogP contribution in [0.1, 0.15) is 37.8 Å². The molecule has 2 aromatic rings. The molecular weight excluding hydrogens is 332 g/mol. The van der Waals surface area contributed by atoms with Crippen molar-refractivity contribution in [2.75, 3.05) is 0 Å². The maximum Gasteiger partial charge on any atom is 0.226 e. The van der Waals surface area contributed by atoms with Gasteiger partial charge in [-0.25, -0.2) is 0 Å². The van der Waals surface area contributed by atoms with Crippen molar-refractivity contribution in [1.29, 1.82) is 0 Å². The van der Waals surface area contributed by atoms with Crippen LogP contribution in [0.5, 0.6) is 0 Å². The van der Waals surface area contributed by atoms with Gasteiger partial charge < -0.3 is 9.84 Å². The van der Waals surface area contributed by atoms with Crippen LogP contribution < -0.4 is 5.32 Å². The lowest BCUT2D eigenvalue weighted by atomic mass is 10.1. The van der Waals surface area contributed by atoms with Crippen LogP contribution in [-0.2, 0) is 11.2 Å². The van der Waals surface area contributed by atoms with Gasteiger partial charge in [-0.1, -0.05) is 52.5 Å². The highest BCUT2D eigenvalue weighted by molar-refractivity contribution is 9.09. The van der Waals surface area contributed by atoms with Crippen molar-refractivity contribution in [3.63, 3.8) is 0 Å². The van der Waals surface area contributed by atoms with Crippen molar-refractivity contribution in [3.8, 4) is 0 Å². The van der Waals surface area contributed by atoms with Crippen molar-refractivity contribution in [3.05, 3.63) is 30.0 Å². The van der Waals surface area contributed by atoms with E-state index in [1.807, 2.05) is 24.3 Å². The Bertz CT molecular complexity index is 626. The van der Waals surface area contributed by atoms with Crippen LogP contribution in [0, 0.1) is 0 Å². The summed E-state index contributed by atoms with van der Waals surface area (Å²) in [7, 11) is 0. The number of hydrogen-bond donors (Lipinski definition) is 1. The third kappa shape index (κ3) is 3.46. The Kier molecular flexibility index (Phi) is 4.58. The van der Waals surface area contributed by atoms with Gasteiger partial charge in [0.15, 0.2) is 5.58 Å². The molecule has 0 radical (unpaired) electrons. The first-order valence-corrected chi connectivity index (χ1v) is 8.42. The third-order valence-corrected chi connectivity index (χ3v) is 5.15. The molecule has 1 fully saturated rings. The van der Waals surface area contributed by atoms with Crippen LogP contribution >= 0.6 is 15.9 Å². The molecule has 3 rings (SSSR count). The number of para-hydroxylation sites is 1. The van der Waals surface area contributed by atoms with Crippen LogP contribution in [0.25, 0.3) is 11.0 Å². The largest absolute Gasteiger partial charge is 0.356 e. The second kappa shape index (κ2) is 6.60. The number of rotatable bonds is 3. The van der Waals surface area contributed by atoms with E-state index >= 15 is 0 Å². The van der Waals surface area contributed by atoms with E-state index in [4.69, 9.17) is 4.52 Å². The first kappa shape index (κ1) is 14.6. The van der Waals surface area contributed by atoms with Gasteiger partial charge >= 0.3 is 0 Å². The minimum atomic E-state index is 0.0189. The highest BCUT2D eigenvalue weighted by atomic mass is 79.9. The van der Waals surface area contributed by atoms with Crippen LogP contribution in [0.4, 0.5) is 0 Å². The molecule has 1 saturated carbocycles. The minimum Gasteiger partial charge on any atom is -0.356 e. The highest BCUT2D eigenvalue weighted by Crippen LogP contribution is 2.24. The lowest BCUT2D eigenvalue weighted by Crippen LogP contribution is -2.41. The molecular formula is C16H19BrN2O2. The molecule has 2 atom stereocenters. The number of nitrogens with one attached hydrogen (secondary N) is 1. The number of aromatic nitrogens is 1. The van der Waals surface area contributed by atoms with Gasteiger partial charge in [0.05, 0.1) is 6.42 Å². The van der Waals surface area contributed by atoms with Crippen LogP contribution in [0.15, 0.2) is 28.8 Å². The van der Waals surface area contributed by atoms with E-state index in [0.717, 1.165) is 23.8 Å². The molecule has 1 aromatic heterocycles. The van der Waals surface area contributed by atoms with Gasteiger partial charge in [0.2, 0.25) is 5.91 Å². The average Bonchev–Trinajstić information content (AvgIpc) is 2.77. The van der Waals surface area contributed by atoms with Crippen LogP contribution in [0.2, 0.25) is 0 Å². The molecule has 1 heterocycles. The fraction of sp³-hybridized carbons (Fsp3) is 0.500. The molecule has 1 aromatic carbocycles. The molecule has 0 aliphatic heterocycles. The van der Waals surface area contributed by atoms with E-state index in [2.05, 4.69) is 26.4 Å². The zero-order chi connectivity index (χ0) is 14.7. The summed E-state index contributed by atoms with van der Waals surface area (Å²) in [6.45, 7) is 0. The van der Waals surface area contributed by atoms with Gasteiger partial charge in [0, 0.05) is 16.3 Å². The molecule has 112 valence electrons. The number of halogens is 1. The lowest BCUT2D eigenvalue weighted by Gasteiger charge is -2.21. The molecule has 1 amide bonds. The predicted octanol–water partition coefficient (Wildman–Crippen LogP) is 3.58. The zero-order valence-corrected chi connectivity index (χ0v) is 13.4. The third-order valence-electron chi connectivity index (χ3n) is 4.06. The number of nitrogens with zero attached hydrogens (tertiary/aromatic N) is 1. The first-order chi connectivity index (χ1) is 10.2. The van der Waals surface area contributed by atoms with E-state index in [0.29, 0.717) is 10.5 Å². The molecule has 2 unspecified atom stereocenters. The van der Waals surface area contributed by atoms with Gasteiger partial charge in [-0.2, -0.15) is 0 Å². The maximum atomic E-state index is 12.3. The Morgan fingerprint density at radius 3 is 3.00 bits per heavy atom. The summed E-state index contributed by atoms with van der Waals surface area (Å²) in [4.78, 5) is 12.6. The molecule has 0 saturated heterocycles. The standard InChI is InChI=1S/C16H19BrN2O2/c17-12-7-2-1-3-8-13(12)18-16(20)10-14-11-6-4-5-9-15(11)21-19-14/h4-6,9,12-13H,1-3,7-8,10H2,(H,18,20). The van der Waals surface area contributed by atoms with Crippen molar-refractivity contribution in [2.45, 2.75) is 49.4 Å². The van der Waals surface area contributed by atoms with E-state index in [1.165, 1.54) is 19.3 Å². The number of benzene rings is 1. The van der Waals surface area contributed by atoms with Gasteiger partial charge in [-0.15, -0.1) is 0 Å². The summed E-state index contributed by atoms with van der Waals surface area (Å²) < 4.78 is 5.24. The molecule has 0 spiro atoms. The number of alkyl halides is 1. The summed E-state index contributed by atoms with van der Waals surface area (Å²) >= 11 is 3.70. The Morgan fingerprint density at radius 2 is 2.10 bits per heavy atom. The van der Waals surface area contributed by atoms with E-state index in [1.54, 1.807) is 0 Å². The second-order valence-electron chi connectivity index (χ2n) is 5.63. The molecule has 1 N–H and O–H groups in total. The Labute approximate surface area is 132 Å². The molecule has 21 heavy (non-hydrogen) atoms. The quantitative estimate of drug-likeness (QED) is 0.679. The Morgan fingerprint density at radius 1 is 1.29 bits per heavy atom. The SMILES string of the molecule is O=C(Cc1noc2ccccc12)NC1CCCCCC1Br. The van der Waals surface area contributed by atoms with Crippen LogP contribution in [0.3, 0.4) is 0 Å². The summed E-state index contributed by atoms with van der Waals surface area (Å²) in [5.74, 6) is 0.0189. The van der Waals surface area contributed by atoms with Gasteiger partial charge in [-0.3, -0.25) is 4.79 Å². The topological polar surface area (TPSA) is 55.1 Å². The summed E-state index contributed by atoms with van der Waals surface area (Å²) in [5.41, 5.74) is 1.44. The van der Waals surface area contributed by atoms with E-state index in [-0.39, 0.29) is 18.4 Å². The zero-order valence-electron chi connectivity index (χ0n) is 11.8. The van der Waals surface area contributed by atoms with Gasteiger partial charge in [-0.05, 0) is 25.0 Å². The van der Waals surface area contributed by atoms with Crippen LogP contribution in [-0.4, -0.2) is 21.9 Å². The Balaban J connectivity index is 1.66. The number of carbonyl (C=O) groups is 1. The number of hydrogen-bond acceptors (Lipinski definition) is 3. The first-order valence-electron chi connectivity index (χ1n) is 7.51.